The van der Waals surface area contributed by atoms with Gasteiger partial charge in [-0.15, -0.1) is 0 Å². The van der Waals surface area contributed by atoms with Crippen LogP contribution in [0.5, 0.6) is 5.75 Å². The first-order chi connectivity index (χ1) is 16.0. The van der Waals surface area contributed by atoms with Gasteiger partial charge in [0.1, 0.15) is 5.75 Å². The molecule has 3 N–H and O–H groups in total. The highest BCUT2D eigenvalue weighted by molar-refractivity contribution is 6.35. The van der Waals surface area contributed by atoms with Crippen LogP contribution in [-0.2, 0) is 4.79 Å². The zero-order valence-electron chi connectivity index (χ0n) is 18.3. The first kappa shape index (κ1) is 20.6. The number of para-hydroxylation sites is 1. The minimum absolute atomic E-state index is 0.181. The van der Waals surface area contributed by atoms with E-state index in [9.17, 15) is 9.59 Å². The third-order valence-electron chi connectivity index (χ3n) is 5.95. The molecular formula is C27H23N3O3. The van der Waals surface area contributed by atoms with Gasteiger partial charge in [-0.2, -0.15) is 0 Å². The van der Waals surface area contributed by atoms with Crippen LogP contribution in [0.1, 0.15) is 40.0 Å². The molecule has 0 saturated heterocycles. The molecule has 6 nitrogen and oxygen atoms in total. The third kappa shape index (κ3) is 3.87. The van der Waals surface area contributed by atoms with Crippen LogP contribution in [-0.4, -0.2) is 23.9 Å². The number of methoxy groups -OCH3 is 1. The van der Waals surface area contributed by atoms with Crippen LogP contribution in [0.3, 0.4) is 0 Å². The quantitative estimate of drug-likeness (QED) is 0.377. The van der Waals surface area contributed by atoms with Gasteiger partial charge in [0.15, 0.2) is 0 Å². The molecule has 2 amide bonds. The normalized spacial score (nSPS) is 14.7. The van der Waals surface area contributed by atoms with E-state index in [-0.39, 0.29) is 17.9 Å². The Labute approximate surface area is 191 Å². The number of H-pyrrole nitrogens is 1. The molecule has 164 valence electrons. The predicted molar refractivity (Wildman–Crippen MR) is 130 cm³/mol. The Morgan fingerprint density at radius 3 is 2.64 bits per heavy atom. The molecule has 0 spiro atoms. The van der Waals surface area contributed by atoms with Crippen molar-refractivity contribution in [3.8, 4) is 5.75 Å². The van der Waals surface area contributed by atoms with Gasteiger partial charge in [-0.25, -0.2) is 0 Å². The van der Waals surface area contributed by atoms with E-state index in [4.69, 9.17) is 4.74 Å². The first-order valence-corrected chi connectivity index (χ1v) is 10.7. The predicted octanol–water partition coefficient (Wildman–Crippen LogP) is 5.16. The maximum Gasteiger partial charge on any atom is 0.256 e. The van der Waals surface area contributed by atoms with E-state index < -0.39 is 0 Å². The Bertz CT molecular complexity index is 1400. The SMILES string of the molecule is COc1ccc([C@@H](C)NC(=O)c2ccc3c(c2)C(=Cc2c[nH]c4ccccc24)C(=O)N3)cc1. The van der Waals surface area contributed by atoms with Crippen molar-refractivity contribution in [1.29, 1.82) is 0 Å². The van der Waals surface area contributed by atoms with E-state index in [1.54, 1.807) is 25.3 Å². The lowest BCUT2D eigenvalue weighted by Crippen LogP contribution is -2.26. The van der Waals surface area contributed by atoms with Gasteiger partial charge in [0.05, 0.1) is 13.2 Å². The number of hydrogen-bond donors (Lipinski definition) is 3. The van der Waals surface area contributed by atoms with Crippen molar-refractivity contribution in [3.05, 3.63) is 95.2 Å². The summed E-state index contributed by atoms with van der Waals surface area (Å²) in [6.45, 7) is 1.93. The molecule has 0 fully saturated rings. The number of carbonyl (C=O) groups is 2. The molecule has 1 aliphatic rings. The van der Waals surface area contributed by atoms with Gasteiger partial charge in [0.25, 0.3) is 11.8 Å². The van der Waals surface area contributed by atoms with Gasteiger partial charge < -0.3 is 20.4 Å². The molecule has 0 aliphatic carbocycles. The number of anilines is 1. The Balaban J connectivity index is 1.42. The highest BCUT2D eigenvalue weighted by Gasteiger charge is 2.26. The molecular weight excluding hydrogens is 414 g/mol. The fourth-order valence-electron chi connectivity index (χ4n) is 4.10. The van der Waals surface area contributed by atoms with Gasteiger partial charge in [-0.05, 0) is 55.0 Å². The minimum Gasteiger partial charge on any atom is -0.497 e. The maximum atomic E-state index is 13.0. The number of hydrogen-bond acceptors (Lipinski definition) is 3. The third-order valence-corrected chi connectivity index (χ3v) is 5.95. The fourth-order valence-corrected chi connectivity index (χ4v) is 4.10. The van der Waals surface area contributed by atoms with Gasteiger partial charge in [0.2, 0.25) is 0 Å². The Hall–Kier alpha value is -4.32. The topological polar surface area (TPSA) is 83.2 Å². The van der Waals surface area contributed by atoms with E-state index in [1.807, 2.05) is 67.7 Å². The van der Waals surface area contributed by atoms with Crippen molar-refractivity contribution in [2.45, 2.75) is 13.0 Å². The summed E-state index contributed by atoms with van der Waals surface area (Å²) < 4.78 is 5.19. The lowest BCUT2D eigenvalue weighted by molar-refractivity contribution is -0.110. The molecule has 5 rings (SSSR count). The summed E-state index contributed by atoms with van der Waals surface area (Å²) >= 11 is 0. The largest absolute Gasteiger partial charge is 0.497 e. The number of aromatic nitrogens is 1. The van der Waals surface area contributed by atoms with Crippen LogP contribution in [0.2, 0.25) is 0 Å². The standard InChI is InChI=1S/C27H23N3O3/c1-16(17-7-10-20(33-2)11-8-17)29-26(31)18-9-12-25-22(13-18)23(27(32)30-25)14-19-15-28-24-6-4-3-5-21(19)24/h3-16,28H,1-2H3,(H,29,31)(H,30,32)/t16-/m1/s1. The van der Waals surface area contributed by atoms with Crippen LogP contribution >= 0.6 is 0 Å². The highest BCUT2D eigenvalue weighted by Crippen LogP contribution is 2.35. The second-order valence-electron chi connectivity index (χ2n) is 8.03. The number of fused-ring (bicyclic) bond motifs is 2. The summed E-state index contributed by atoms with van der Waals surface area (Å²) in [4.78, 5) is 28.9. The maximum absolute atomic E-state index is 13.0. The molecule has 0 saturated carbocycles. The number of rotatable bonds is 5. The van der Waals surface area contributed by atoms with E-state index in [1.165, 1.54) is 0 Å². The average Bonchev–Trinajstić information content (AvgIpc) is 3.39. The lowest BCUT2D eigenvalue weighted by atomic mass is 10.0. The molecule has 1 aliphatic heterocycles. The Morgan fingerprint density at radius 1 is 1.06 bits per heavy atom. The number of benzene rings is 3. The summed E-state index contributed by atoms with van der Waals surface area (Å²) in [6, 6.07) is 20.6. The molecule has 33 heavy (non-hydrogen) atoms. The first-order valence-electron chi connectivity index (χ1n) is 10.7. The molecule has 1 aromatic heterocycles. The van der Waals surface area contributed by atoms with Crippen molar-refractivity contribution in [3.63, 3.8) is 0 Å². The fraction of sp³-hybridized carbons (Fsp3) is 0.111. The van der Waals surface area contributed by atoms with Gasteiger partial charge in [0, 0.05) is 45.1 Å². The molecule has 0 bridgehead atoms. The Morgan fingerprint density at radius 2 is 1.85 bits per heavy atom. The monoisotopic (exact) mass is 437 g/mol. The number of ether oxygens (including phenoxy) is 1. The second-order valence-corrected chi connectivity index (χ2v) is 8.03. The molecule has 2 heterocycles. The lowest BCUT2D eigenvalue weighted by Gasteiger charge is -2.15. The van der Waals surface area contributed by atoms with Crippen LogP contribution in [0.15, 0.2) is 72.9 Å². The van der Waals surface area contributed by atoms with Crippen LogP contribution in [0.4, 0.5) is 5.69 Å². The Kier molecular flexibility index (Phi) is 5.18. The summed E-state index contributed by atoms with van der Waals surface area (Å²) in [6.07, 6.45) is 3.75. The van der Waals surface area contributed by atoms with Crippen molar-refractivity contribution >= 4 is 40.1 Å². The van der Waals surface area contributed by atoms with Crippen molar-refractivity contribution in [1.82, 2.24) is 10.3 Å². The van der Waals surface area contributed by atoms with Crippen LogP contribution < -0.4 is 15.4 Å². The molecule has 3 aromatic carbocycles. The van der Waals surface area contributed by atoms with Crippen molar-refractivity contribution in [2.75, 3.05) is 12.4 Å². The van der Waals surface area contributed by atoms with E-state index in [0.29, 0.717) is 16.8 Å². The van der Waals surface area contributed by atoms with Crippen molar-refractivity contribution in [2.24, 2.45) is 0 Å². The van der Waals surface area contributed by atoms with Gasteiger partial charge in [-0.1, -0.05) is 30.3 Å². The van der Waals surface area contributed by atoms with E-state index in [0.717, 1.165) is 33.3 Å². The number of amides is 2. The average molecular weight is 437 g/mol. The van der Waals surface area contributed by atoms with Crippen LogP contribution in [0, 0.1) is 0 Å². The summed E-state index contributed by atoms with van der Waals surface area (Å²) in [5.41, 5.74) is 5.35. The molecule has 0 radical (unpaired) electrons. The summed E-state index contributed by atoms with van der Waals surface area (Å²) in [7, 11) is 1.62. The van der Waals surface area contributed by atoms with E-state index in [2.05, 4.69) is 15.6 Å². The number of carbonyl (C=O) groups excluding carboxylic acids is 2. The van der Waals surface area contributed by atoms with Gasteiger partial charge >= 0.3 is 0 Å². The minimum atomic E-state index is -0.202. The zero-order valence-corrected chi connectivity index (χ0v) is 18.3. The van der Waals surface area contributed by atoms with E-state index >= 15 is 0 Å². The molecule has 1 atom stereocenters. The molecule has 6 heteroatoms. The highest BCUT2D eigenvalue weighted by atomic mass is 16.5. The zero-order chi connectivity index (χ0) is 22.9. The summed E-state index contributed by atoms with van der Waals surface area (Å²) in [5, 5.41) is 6.95. The number of nitrogens with one attached hydrogen (secondary N) is 3. The molecule has 4 aromatic rings. The smallest absolute Gasteiger partial charge is 0.256 e. The second kappa shape index (κ2) is 8.31. The number of aromatic amines is 1. The van der Waals surface area contributed by atoms with Crippen molar-refractivity contribution < 1.29 is 14.3 Å². The van der Waals surface area contributed by atoms with Crippen LogP contribution in [0.25, 0.3) is 22.6 Å². The van der Waals surface area contributed by atoms with Gasteiger partial charge in [-0.3, -0.25) is 9.59 Å². The molecule has 0 unspecified atom stereocenters. The summed E-state index contributed by atoms with van der Waals surface area (Å²) in [5.74, 6) is 0.383.